The Hall–Kier alpha value is -2.22. The molecular weight excluding hydrogens is 284 g/mol. The molecule has 23 heavy (non-hydrogen) atoms. The van der Waals surface area contributed by atoms with Gasteiger partial charge in [-0.25, -0.2) is 0 Å². The minimum Gasteiger partial charge on any atom is -0.298 e. The molecule has 116 valence electrons. The molecule has 0 radical (unpaired) electrons. The topological polar surface area (TPSA) is 34.1 Å². The predicted molar refractivity (Wildman–Crippen MR) is 90.7 cm³/mol. The van der Waals surface area contributed by atoms with E-state index in [-0.39, 0.29) is 11.2 Å². The number of ketones is 2. The molecule has 0 bridgehead atoms. The van der Waals surface area contributed by atoms with Gasteiger partial charge in [0.2, 0.25) is 0 Å². The van der Waals surface area contributed by atoms with Crippen LogP contribution in [0.2, 0.25) is 0 Å². The summed E-state index contributed by atoms with van der Waals surface area (Å²) in [4.78, 5) is 24.9. The molecule has 0 amide bonds. The summed E-state index contributed by atoms with van der Waals surface area (Å²) in [6.45, 7) is 1.62. The highest BCUT2D eigenvalue weighted by Crippen LogP contribution is 2.49. The quantitative estimate of drug-likeness (QED) is 0.766. The number of hydrogen-bond donors (Lipinski definition) is 0. The summed E-state index contributed by atoms with van der Waals surface area (Å²) in [5.74, 6) is 0.420. The first kappa shape index (κ1) is 14.4. The van der Waals surface area contributed by atoms with Gasteiger partial charge in [0.15, 0.2) is 5.78 Å². The van der Waals surface area contributed by atoms with E-state index in [1.165, 1.54) is 0 Å². The number of benzene rings is 2. The van der Waals surface area contributed by atoms with Crippen molar-refractivity contribution >= 4 is 11.6 Å². The molecule has 0 N–H and O–H groups in total. The van der Waals surface area contributed by atoms with E-state index < -0.39 is 0 Å². The van der Waals surface area contributed by atoms with Crippen LogP contribution in [0.4, 0.5) is 0 Å². The van der Waals surface area contributed by atoms with Crippen molar-refractivity contribution in [3.63, 3.8) is 0 Å². The number of carbonyl (C=O) groups excluding carboxylic acids is 2. The van der Waals surface area contributed by atoms with Gasteiger partial charge in [-0.05, 0) is 54.2 Å². The molecule has 2 heteroatoms. The Bertz CT molecular complexity index is 796. The van der Waals surface area contributed by atoms with E-state index in [1.54, 1.807) is 6.92 Å². The van der Waals surface area contributed by atoms with Crippen molar-refractivity contribution in [3.05, 3.63) is 59.2 Å². The van der Waals surface area contributed by atoms with Gasteiger partial charge in [0.1, 0.15) is 5.78 Å². The van der Waals surface area contributed by atoms with E-state index in [1.807, 2.05) is 36.4 Å². The maximum Gasteiger partial charge on any atom is 0.160 e. The molecular formula is C21H20O2. The number of rotatable bonds is 2. The van der Waals surface area contributed by atoms with Gasteiger partial charge >= 0.3 is 0 Å². The zero-order valence-electron chi connectivity index (χ0n) is 13.4. The zero-order valence-corrected chi connectivity index (χ0v) is 13.4. The van der Waals surface area contributed by atoms with Crippen LogP contribution in [0.15, 0.2) is 42.5 Å². The fourth-order valence-corrected chi connectivity index (χ4v) is 4.40. The molecule has 0 aliphatic heterocycles. The van der Waals surface area contributed by atoms with E-state index in [0.29, 0.717) is 12.2 Å². The summed E-state index contributed by atoms with van der Waals surface area (Å²) >= 11 is 0. The number of carbonyl (C=O) groups is 2. The van der Waals surface area contributed by atoms with Gasteiger partial charge in [-0.2, -0.15) is 0 Å². The lowest BCUT2D eigenvalue weighted by Crippen LogP contribution is -2.28. The second-order valence-electron chi connectivity index (χ2n) is 6.87. The molecule has 2 nitrogen and oxygen atoms in total. The summed E-state index contributed by atoms with van der Waals surface area (Å²) in [7, 11) is 0. The summed E-state index contributed by atoms with van der Waals surface area (Å²) in [6, 6.07) is 14.1. The highest BCUT2D eigenvalue weighted by atomic mass is 16.1. The summed E-state index contributed by atoms with van der Waals surface area (Å²) in [6.07, 6.45) is 4.64. The summed E-state index contributed by atoms with van der Waals surface area (Å²) in [5, 5.41) is 0. The number of Topliss-reactive ketones (excluding diaryl/α,β-unsaturated/α-hetero) is 2. The first-order valence-electron chi connectivity index (χ1n) is 8.39. The summed E-state index contributed by atoms with van der Waals surface area (Å²) in [5.41, 5.74) is 4.70. The number of fused-ring (bicyclic) bond motifs is 2. The molecule has 0 atom stereocenters. The molecule has 2 aromatic rings. The normalized spacial score (nSPS) is 18.4. The smallest absolute Gasteiger partial charge is 0.160 e. The van der Waals surface area contributed by atoms with Gasteiger partial charge in [-0.15, -0.1) is 0 Å². The highest BCUT2D eigenvalue weighted by Gasteiger charge is 2.48. The van der Waals surface area contributed by atoms with Crippen LogP contribution in [0, 0.1) is 0 Å². The van der Waals surface area contributed by atoms with Crippen molar-refractivity contribution in [1.29, 1.82) is 0 Å². The molecule has 2 aromatic carbocycles. The Morgan fingerprint density at radius 2 is 1.74 bits per heavy atom. The van der Waals surface area contributed by atoms with Crippen LogP contribution in [-0.4, -0.2) is 11.6 Å². The molecule has 0 aromatic heterocycles. The van der Waals surface area contributed by atoms with Crippen LogP contribution in [0.3, 0.4) is 0 Å². The van der Waals surface area contributed by atoms with Gasteiger partial charge in [0.05, 0.1) is 5.41 Å². The minimum absolute atomic E-state index is 0.0687. The Kier molecular flexibility index (Phi) is 3.22. The standard InChI is InChI=1S/C21H20O2/c1-14(22)17-13-19-16(11-18(17)15-7-3-2-4-8-15)12-20(23)21(19)9-5-6-10-21/h2-4,7-8,11,13H,5-6,9-10,12H2,1H3. The van der Waals surface area contributed by atoms with Crippen molar-refractivity contribution in [2.45, 2.75) is 44.4 Å². The fourth-order valence-electron chi connectivity index (χ4n) is 4.40. The van der Waals surface area contributed by atoms with Crippen LogP contribution >= 0.6 is 0 Å². The van der Waals surface area contributed by atoms with Gasteiger partial charge in [-0.3, -0.25) is 9.59 Å². The molecule has 2 aliphatic carbocycles. The van der Waals surface area contributed by atoms with E-state index in [4.69, 9.17) is 0 Å². The predicted octanol–water partition coefficient (Wildman–Crippen LogP) is 4.49. The average molecular weight is 304 g/mol. The first-order chi connectivity index (χ1) is 11.1. The Morgan fingerprint density at radius 1 is 1.04 bits per heavy atom. The highest BCUT2D eigenvalue weighted by molar-refractivity contribution is 6.04. The second kappa shape index (κ2) is 5.16. The van der Waals surface area contributed by atoms with Crippen LogP contribution < -0.4 is 0 Å². The van der Waals surface area contributed by atoms with Crippen LogP contribution in [0.1, 0.15) is 54.1 Å². The van der Waals surface area contributed by atoms with Crippen LogP contribution in [0.5, 0.6) is 0 Å². The third-order valence-corrected chi connectivity index (χ3v) is 5.56. The second-order valence-corrected chi connectivity index (χ2v) is 6.87. The van der Waals surface area contributed by atoms with E-state index >= 15 is 0 Å². The van der Waals surface area contributed by atoms with Crippen molar-refractivity contribution in [2.24, 2.45) is 0 Å². The van der Waals surface area contributed by atoms with Crippen molar-refractivity contribution in [3.8, 4) is 11.1 Å². The monoisotopic (exact) mass is 304 g/mol. The van der Waals surface area contributed by atoms with Gasteiger partial charge < -0.3 is 0 Å². The average Bonchev–Trinajstić information content (AvgIpc) is 3.15. The number of hydrogen-bond acceptors (Lipinski definition) is 2. The third-order valence-electron chi connectivity index (χ3n) is 5.56. The van der Waals surface area contributed by atoms with Crippen LogP contribution in [0.25, 0.3) is 11.1 Å². The van der Waals surface area contributed by atoms with E-state index in [2.05, 4.69) is 6.07 Å². The Balaban J connectivity index is 1.94. The van der Waals surface area contributed by atoms with Crippen molar-refractivity contribution in [2.75, 3.05) is 0 Å². The SMILES string of the molecule is CC(=O)c1cc2c(cc1-c1ccccc1)CC(=O)C21CCCC1. The van der Waals surface area contributed by atoms with Gasteiger partial charge in [0, 0.05) is 12.0 Å². The Morgan fingerprint density at radius 3 is 2.39 bits per heavy atom. The largest absolute Gasteiger partial charge is 0.298 e. The minimum atomic E-state index is -0.297. The van der Waals surface area contributed by atoms with Crippen LogP contribution in [-0.2, 0) is 16.6 Å². The van der Waals surface area contributed by atoms with E-state index in [9.17, 15) is 9.59 Å². The molecule has 1 spiro atoms. The van der Waals surface area contributed by atoms with Gasteiger partial charge in [-0.1, -0.05) is 43.2 Å². The molecule has 4 rings (SSSR count). The molecule has 0 saturated heterocycles. The van der Waals surface area contributed by atoms with Crippen molar-refractivity contribution < 1.29 is 9.59 Å². The molecule has 2 aliphatic rings. The fraction of sp³-hybridized carbons (Fsp3) is 0.333. The van der Waals surface area contributed by atoms with Gasteiger partial charge in [0.25, 0.3) is 0 Å². The Labute approximate surface area is 136 Å². The van der Waals surface area contributed by atoms with Crippen molar-refractivity contribution in [1.82, 2.24) is 0 Å². The first-order valence-corrected chi connectivity index (χ1v) is 8.39. The molecule has 0 unspecified atom stereocenters. The molecule has 0 heterocycles. The summed E-state index contributed by atoms with van der Waals surface area (Å²) < 4.78 is 0. The lowest BCUT2D eigenvalue weighted by atomic mass is 9.78. The lowest BCUT2D eigenvalue weighted by molar-refractivity contribution is -0.122. The molecule has 1 fully saturated rings. The van der Waals surface area contributed by atoms with E-state index in [0.717, 1.165) is 53.5 Å². The lowest BCUT2D eigenvalue weighted by Gasteiger charge is -2.23. The third kappa shape index (κ3) is 2.08. The maximum absolute atomic E-state index is 12.7. The zero-order chi connectivity index (χ0) is 16.0. The molecule has 1 saturated carbocycles. The maximum atomic E-state index is 12.7.